The fourth-order valence-corrected chi connectivity index (χ4v) is 3.20. The van der Waals surface area contributed by atoms with Gasteiger partial charge in [0, 0.05) is 12.3 Å². The Morgan fingerprint density at radius 3 is 2.33 bits per heavy atom. The van der Waals surface area contributed by atoms with Crippen LogP contribution in [0.15, 0.2) is 5.10 Å². The smallest absolute Gasteiger partial charge is 0.287 e. The summed E-state index contributed by atoms with van der Waals surface area (Å²) in [5.74, 6) is -1.53. The van der Waals surface area contributed by atoms with E-state index in [4.69, 9.17) is 11.6 Å². The minimum atomic E-state index is -3.58. The number of alkyl halides is 6. The van der Waals surface area contributed by atoms with Gasteiger partial charge in [0.2, 0.25) is 5.72 Å². The molecule has 0 bridgehead atoms. The number of amides is 1. The molecule has 6 nitrogen and oxygen atoms in total. The number of hydrazone groups is 1. The molecule has 1 aliphatic carbocycles. The highest BCUT2D eigenvalue weighted by molar-refractivity contribution is 6.32. The first-order valence-electron chi connectivity index (χ1n) is 7.79. The zero-order valence-electron chi connectivity index (χ0n) is 13.4. The van der Waals surface area contributed by atoms with Crippen molar-refractivity contribution in [1.82, 2.24) is 14.8 Å². The quantitative estimate of drug-likeness (QED) is 0.721. The molecule has 2 heterocycles. The van der Waals surface area contributed by atoms with Gasteiger partial charge < -0.3 is 5.11 Å². The van der Waals surface area contributed by atoms with Crippen molar-refractivity contribution in [1.29, 1.82) is 0 Å². The molecule has 27 heavy (non-hydrogen) atoms. The van der Waals surface area contributed by atoms with Crippen molar-refractivity contribution in [2.45, 2.75) is 56.7 Å². The number of halogens is 7. The maximum Gasteiger partial charge on any atom is 0.287 e. The van der Waals surface area contributed by atoms with Crippen LogP contribution in [0.3, 0.4) is 0 Å². The zero-order chi connectivity index (χ0) is 20.1. The standard InChI is InChI=1S/C14H13ClF6N4O2/c15-8-9(12(18)19)23-24(10(8)5-1-2-5)4-7(26)25-14(27,13(20)21)3-6(22-25)11(16)17/h5,11-13,27H,1-4H2/t14-/m1/s1. The third kappa shape index (κ3) is 3.51. The van der Waals surface area contributed by atoms with Crippen LogP contribution in [0.5, 0.6) is 0 Å². The Morgan fingerprint density at radius 1 is 1.22 bits per heavy atom. The van der Waals surface area contributed by atoms with Gasteiger partial charge in [-0.3, -0.25) is 9.48 Å². The maximum atomic E-state index is 13.2. The van der Waals surface area contributed by atoms with Crippen molar-refractivity contribution < 1.29 is 36.2 Å². The number of rotatable bonds is 6. The summed E-state index contributed by atoms with van der Waals surface area (Å²) in [7, 11) is 0. The molecule has 1 atom stereocenters. The summed E-state index contributed by atoms with van der Waals surface area (Å²) < 4.78 is 78.8. The molecule has 0 unspecified atom stereocenters. The second kappa shape index (κ2) is 6.97. The lowest BCUT2D eigenvalue weighted by molar-refractivity contribution is -0.192. The molecular weight excluding hydrogens is 406 g/mol. The second-order valence-corrected chi connectivity index (χ2v) is 6.65. The second-order valence-electron chi connectivity index (χ2n) is 6.27. The molecule has 1 saturated carbocycles. The molecule has 1 amide bonds. The SMILES string of the molecule is O=C(Cn1nc(C(F)F)c(Cl)c1C1CC1)N1N=C(C(F)F)C[C@@]1(O)C(F)F. The predicted molar refractivity (Wildman–Crippen MR) is 80.0 cm³/mol. The highest BCUT2D eigenvalue weighted by atomic mass is 35.5. The molecule has 1 aliphatic heterocycles. The van der Waals surface area contributed by atoms with E-state index in [1.165, 1.54) is 0 Å². The van der Waals surface area contributed by atoms with Gasteiger partial charge in [-0.25, -0.2) is 26.3 Å². The first kappa shape index (κ1) is 19.9. The molecule has 2 aliphatic rings. The summed E-state index contributed by atoms with van der Waals surface area (Å²) >= 11 is 5.89. The van der Waals surface area contributed by atoms with E-state index in [0.717, 1.165) is 4.68 Å². The molecule has 150 valence electrons. The summed E-state index contributed by atoms with van der Waals surface area (Å²) in [5, 5.41) is 16.2. The summed E-state index contributed by atoms with van der Waals surface area (Å²) in [6.07, 6.45) is -9.87. The van der Waals surface area contributed by atoms with Crippen LogP contribution in [0.1, 0.15) is 43.0 Å². The van der Waals surface area contributed by atoms with Crippen LogP contribution in [0, 0.1) is 0 Å². The predicted octanol–water partition coefficient (Wildman–Crippen LogP) is 3.16. The van der Waals surface area contributed by atoms with E-state index in [1.807, 2.05) is 0 Å². The highest BCUT2D eigenvalue weighted by Gasteiger charge is 2.53. The van der Waals surface area contributed by atoms with Crippen molar-refractivity contribution in [2.75, 3.05) is 0 Å². The molecule has 13 heteroatoms. The molecule has 0 radical (unpaired) electrons. The highest BCUT2D eigenvalue weighted by Crippen LogP contribution is 2.45. The molecule has 0 spiro atoms. The summed E-state index contributed by atoms with van der Waals surface area (Å²) in [6.45, 7) is -0.868. The normalized spacial score (nSPS) is 23.1. The maximum absolute atomic E-state index is 13.2. The number of hydrogen-bond donors (Lipinski definition) is 1. The minimum Gasteiger partial charge on any atom is -0.364 e. The fraction of sp³-hybridized carbons (Fsp3) is 0.643. The molecule has 1 N–H and O–H groups in total. The van der Waals surface area contributed by atoms with E-state index >= 15 is 0 Å². The Morgan fingerprint density at radius 2 is 1.85 bits per heavy atom. The van der Waals surface area contributed by atoms with Crippen LogP contribution < -0.4 is 0 Å². The van der Waals surface area contributed by atoms with Gasteiger partial charge in [0.1, 0.15) is 18.0 Å². The van der Waals surface area contributed by atoms with E-state index < -0.39 is 55.3 Å². The number of nitrogens with zero attached hydrogens (tertiary/aromatic N) is 4. The molecular formula is C14H13ClF6N4O2. The summed E-state index contributed by atoms with van der Waals surface area (Å²) in [6, 6.07) is 0. The average molecular weight is 419 g/mol. The first-order chi connectivity index (χ1) is 12.6. The zero-order valence-corrected chi connectivity index (χ0v) is 14.2. The van der Waals surface area contributed by atoms with E-state index in [1.54, 1.807) is 0 Å². The lowest BCUT2D eigenvalue weighted by atomic mass is 10.1. The van der Waals surface area contributed by atoms with Gasteiger partial charge in [-0.2, -0.15) is 15.2 Å². The lowest BCUT2D eigenvalue weighted by Gasteiger charge is -2.30. The number of carbonyl (C=O) groups is 1. The van der Waals surface area contributed by atoms with Gasteiger partial charge in [-0.1, -0.05) is 11.6 Å². The van der Waals surface area contributed by atoms with Crippen molar-refractivity contribution in [3.05, 3.63) is 16.4 Å². The number of aromatic nitrogens is 2. The van der Waals surface area contributed by atoms with Crippen LogP contribution >= 0.6 is 11.6 Å². The average Bonchev–Trinajstić information content (AvgIpc) is 3.24. The monoisotopic (exact) mass is 418 g/mol. The molecule has 1 aromatic heterocycles. The van der Waals surface area contributed by atoms with Gasteiger partial charge in [-0.15, -0.1) is 0 Å². The Balaban J connectivity index is 1.91. The van der Waals surface area contributed by atoms with Gasteiger partial charge in [-0.05, 0) is 12.8 Å². The third-order valence-electron chi connectivity index (χ3n) is 4.29. The van der Waals surface area contributed by atoms with Crippen molar-refractivity contribution in [3.8, 4) is 0 Å². The number of carbonyl (C=O) groups excluding carboxylic acids is 1. The Bertz CT molecular complexity index is 782. The van der Waals surface area contributed by atoms with Gasteiger partial charge >= 0.3 is 0 Å². The first-order valence-corrected chi connectivity index (χ1v) is 8.17. The van der Waals surface area contributed by atoms with Gasteiger partial charge in [0.15, 0.2) is 0 Å². The van der Waals surface area contributed by atoms with Gasteiger partial charge in [0.05, 0.1) is 10.7 Å². The van der Waals surface area contributed by atoms with E-state index in [2.05, 4.69) is 10.2 Å². The van der Waals surface area contributed by atoms with E-state index in [9.17, 15) is 36.2 Å². The third-order valence-corrected chi connectivity index (χ3v) is 4.67. The molecule has 1 fully saturated rings. The molecule has 3 rings (SSSR count). The molecule has 0 saturated heterocycles. The topological polar surface area (TPSA) is 70.7 Å². The minimum absolute atomic E-state index is 0.131. The number of aliphatic hydroxyl groups is 1. The molecule has 1 aromatic rings. The van der Waals surface area contributed by atoms with Crippen LogP contribution in [-0.2, 0) is 11.3 Å². The summed E-state index contributed by atoms with van der Waals surface area (Å²) in [5.41, 5.74) is -4.96. The van der Waals surface area contributed by atoms with Crippen LogP contribution in [-0.4, -0.2) is 50.1 Å². The Kier molecular flexibility index (Phi) is 5.14. The Hall–Kier alpha value is -1.82. The van der Waals surface area contributed by atoms with E-state index in [0.29, 0.717) is 12.8 Å². The van der Waals surface area contributed by atoms with Crippen molar-refractivity contribution >= 4 is 23.2 Å². The Labute approximate surface area is 153 Å². The number of hydrogen-bond acceptors (Lipinski definition) is 4. The fourth-order valence-electron chi connectivity index (χ4n) is 2.83. The van der Waals surface area contributed by atoms with Gasteiger partial charge in [0.25, 0.3) is 25.2 Å². The van der Waals surface area contributed by atoms with Crippen LogP contribution in [0.2, 0.25) is 5.02 Å². The largest absolute Gasteiger partial charge is 0.364 e. The van der Waals surface area contributed by atoms with E-state index in [-0.39, 0.29) is 21.6 Å². The lowest BCUT2D eigenvalue weighted by Crippen LogP contribution is -2.52. The van der Waals surface area contributed by atoms with Crippen molar-refractivity contribution in [3.63, 3.8) is 0 Å². The molecule has 0 aromatic carbocycles. The van der Waals surface area contributed by atoms with Crippen molar-refractivity contribution in [2.24, 2.45) is 5.10 Å². The summed E-state index contributed by atoms with van der Waals surface area (Å²) in [4.78, 5) is 12.4. The van der Waals surface area contributed by atoms with Crippen LogP contribution in [0.4, 0.5) is 26.3 Å². The van der Waals surface area contributed by atoms with Crippen LogP contribution in [0.25, 0.3) is 0 Å².